The number of esters is 1. The molecule has 0 saturated heterocycles. The number of hydrogen-bond acceptors (Lipinski definition) is 4. The number of nitrogens with one attached hydrogen (secondary N) is 1. The highest BCUT2D eigenvalue weighted by atomic mass is 35.5. The van der Waals surface area contributed by atoms with E-state index < -0.39 is 25.1 Å². The van der Waals surface area contributed by atoms with E-state index in [9.17, 15) is 18.4 Å². The zero-order chi connectivity index (χ0) is 17.5. The quantitative estimate of drug-likeness (QED) is 0.802. The molecule has 0 fully saturated rings. The molecule has 1 N–H and O–H groups in total. The normalized spacial score (nSPS) is 10.3. The summed E-state index contributed by atoms with van der Waals surface area (Å²) in [6.45, 7) is -3.41. The van der Waals surface area contributed by atoms with Crippen molar-refractivity contribution in [3.63, 3.8) is 0 Å². The summed E-state index contributed by atoms with van der Waals surface area (Å²) in [5.74, 6) is -1.26. The molecule has 126 valence electrons. The van der Waals surface area contributed by atoms with E-state index in [2.05, 4.69) is 10.1 Å². The van der Waals surface area contributed by atoms with Crippen LogP contribution < -0.4 is 10.1 Å². The van der Waals surface area contributed by atoms with E-state index in [1.54, 1.807) is 0 Å². The zero-order valence-electron chi connectivity index (χ0n) is 12.2. The van der Waals surface area contributed by atoms with Gasteiger partial charge in [-0.1, -0.05) is 11.6 Å². The van der Waals surface area contributed by atoms with Gasteiger partial charge in [0.15, 0.2) is 6.61 Å². The van der Waals surface area contributed by atoms with Crippen molar-refractivity contribution in [1.82, 2.24) is 0 Å². The van der Waals surface area contributed by atoms with Crippen LogP contribution in [0.25, 0.3) is 0 Å². The molecule has 0 saturated carbocycles. The Morgan fingerprint density at radius 3 is 2.25 bits per heavy atom. The molecule has 0 aliphatic rings. The Morgan fingerprint density at radius 1 is 1.04 bits per heavy atom. The minimum absolute atomic E-state index is 0.0304. The Hall–Kier alpha value is -2.67. The van der Waals surface area contributed by atoms with Gasteiger partial charge < -0.3 is 14.8 Å². The topological polar surface area (TPSA) is 64.6 Å². The van der Waals surface area contributed by atoms with Crippen LogP contribution >= 0.6 is 11.6 Å². The third kappa shape index (κ3) is 5.51. The van der Waals surface area contributed by atoms with Gasteiger partial charge in [0.1, 0.15) is 5.75 Å². The lowest BCUT2D eigenvalue weighted by molar-refractivity contribution is -0.119. The highest BCUT2D eigenvalue weighted by molar-refractivity contribution is 6.30. The zero-order valence-corrected chi connectivity index (χ0v) is 12.9. The van der Waals surface area contributed by atoms with Gasteiger partial charge in [-0.25, -0.2) is 4.79 Å². The van der Waals surface area contributed by atoms with Crippen LogP contribution in [0.3, 0.4) is 0 Å². The average Bonchev–Trinajstić information content (AvgIpc) is 2.54. The monoisotopic (exact) mass is 355 g/mol. The highest BCUT2D eigenvalue weighted by Gasteiger charge is 2.10. The van der Waals surface area contributed by atoms with Gasteiger partial charge in [-0.15, -0.1) is 0 Å². The van der Waals surface area contributed by atoms with Crippen LogP contribution in [0.5, 0.6) is 5.75 Å². The van der Waals surface area contributed by atoms with Crippen LogP contribution in [0.4, 0.5) is 14.5 Å². The number of ether oxygens (including phenoxy) is 2. The van der Waals surface area contributed by atoms with Gasteiger partial charge in [-0.3, -0.25) is 4.79 Å². The van der Waals surface area contributed by atoms with Crippen molar-refractivity contribution in [1.29, 1.82) is 0 Å². The van der Waals surface area contributed by atoms with E-state index in [4.69, 9.17) is 16.3 Å². The number of carbonyl (C=O) groups excluding carboxylic acids is 2. The fraction of sp³-hybridized carbons (Fsp3) is 0.125. The SMILES string of the molecule is O=C(COC(=O)c1ccc(Cl)cc1)Nc1ccc(OC(F)F)cc1. The summed E-state index contributed by atoms with van der Waals surface area (Å²) < 4.78 is 33.1. The lowest BCUT2D eigenvalue weighted by Crippen LogP contribution is -2.20. The molecule has 0 unspecified atom stereocenters. The predicted molar refractivity (Wildman–Crippen MR) is 83.4 cm³/mol. The molecule has 2 aromatic rings. The molecule has 0 aliphatic carbocycles. The Bertz CT molecular complexity index is 705. The van der Waals surface area contributed by atoms with Crippen LogP contribution in [0.15, 0.2) is 48.5 Å². The van der Waals surface area contributed by atoms with E-state index in [0.717, 1.165) is 0 Å². The first-order valence-electron chi connectivity index (χ1n) is 6.71. The van der Waals surface area contributed by atoms with Crippen molar-refractivity contribution in [2.24, 2.45) is 0 Å². The Kier molecular flexibility index (Phi) is 6.08. The molecular formula is C16H12ClF2NO4. The Balaban J connectivity index is 1.82. The van der Waals surface area contributed by atoms with E-state index in [1.807, 2.05) is 0 Å². The number of hydrogen-bond donors (Lipinski definition) is 1. The first-order valence-corrected chi connectivity index (χ1v) is 7.09. The molecule has 24 heavy (non-hydrogen) atoms. The molecule has 0 spiro atoms. The summed E-state index contributed by atoms with van der Waals surface area (Å²) >= 11 is 5.71. The van der Waals surface area contributed by atoms with Gasteiger partial charge in [-0.2, -0.15) is 8.78 Å². The summed E-state index contributed by atoms with van der Waals surface area (Å²) in [7, 11) is 0. The van der Waals surface area contributed by atoms with E-state index in [1.165, 1.54) is 48.5 Å². The van der Waals surface area contributed by atoms with Crippen LogP contribution in [0, 0.1) is 0 Å². The molecular weight excluding hydrogens is 344 g/mol. The number of benzene rings is 2. The van der Waals surface area contributed by atoms with Crippen molar-refractivity contribution in [3.05, 3.63) is 59.1 Å². The van der Waals surface area contributed by atoms with Crippen molar-refractivity contribution < 1.29 is 27.8 Å². The summed E-state index contributed by atoms with van der Waals surface area (Å²) in [6.07, 6.45) is 0. The number of halogens is 3. The van der Waals surface area contributed by atoms with Crippen LogP contribution in [-0.2, 0) is 9.53 Å². The second-order valence-electron chi connectivity index (χ2n) is 4.53. The largest absolute Gasteiger partial charge is 0.452 e. The fourth-order valence-electron chi connectivity index (χ4n) is 1.72. The van der Waals surface area contributed by atoms with E-state index >= 15 is 0 Å². The number of carbonyl (C=O) groups is 2. The van der Waals surface area contributed by atoms with Gasteiger partial charge in [-0.05, 0) is 48.5 Å². The molecule has 1 amide bonds. The number of rotatable bonds is 6. The minimum Gasteiger partial charge on any atom is -0.452 e. The first kappa shape index (κ1) is 17.7. The summed E-state index contributed by atoms with van der Waals surface area (Å²) in [5.41, 5.74) is 0.616. The Morgan fingerprint density at radius 2 is 1.67 bits per heavy atom. The molecule has 0 radical (unpaired) electrons. The van der Waals surface area contributed by atoms with Crippen LogP contribution in [0.2, 0.25) is 5.02 Å². The second-order valence-corrected chi connectivity index (χ2v) is 4.97. The van der Waals surface area contributed by atoms with Crippen LogP contribution in [0.1, 0.15) is 10.4 Å². The summed E-state index contributed by atoms with van der Waals surface area (Å²) in [5, 5.41) is 2.93. The van der Waals surface area contributed by atoms with E-state index in [-0.39, 0.29) is 11.3 Å². The maximum Gasteiger partial charge on any atom is 0.387 e. The van der Waals surface area contributed by atoms with Gasteiger partial charge in [0.25, 0.3) is 5.91 Å². The van der Waals surface area contributed by atoms with Gasteiger partial charge in [0.2, 0.25) is 0 Å². The first-order chi connectivity index (χ1) is 11.4. The maximum absolute atomic E-state index is 12.0. The summed E-state index contributed by atoms with van der Waals surface area (Å²) in [4.78, 5) is 23.4. The molecule has 2 aromatic carbocycles. The molecule has 8 heteroatoms. The standard InChI is InChI=1S/C16H12ClF2NO4/c17-11-3-1-10(2-4-11)15(22)23-9-14(21)20-12-5-7-13(8-6-12)24-16(18)19/h1-8,16H,9H2,(H,20,21). The third-order valence-corrected chi connectivity index (χ3v) is 3.03. The lowest BCUT2D eigenvalue weighted by atomic mass is 10.2. The lowest BCUT2D eigenvalue weighted by Gasteiger charge is -2.08. The molecule has 0 aliphatic heterocycles. The number of alkyl halides is 2. The van der Waals surface area contributed by atoms with Crippen molar-refractivity contribution in [2.45, 2.75) is 6.61 Å². The fourth-order valence-corrected chi connectivity index (χ4v) is 1.84. The van der Waals surface area contributed by atoms with Gasteiger partial charge in [0.05, 0.1) is 5.56 Å². The second kappa shape index (κ2) is 8.26. The van der Waals surface area contributed by atoms with Gasteiger partial charge in [0, 0.05) is 10.7 Å². The van der Waals surface area contributed by atoms with Crippen molar-refractivity contribution in [2.75, 3.05) is 11.9 Å². The van der Waals surface area contributed by atoms with Crippen molar-refractivity contribution in [3.8, 4) is 5.75 Å². The number of amides is 1. The highest BCUT2D eigenvalue weighted by Crippen LogP contribution is 2.17. The maximum atomic E-state index is 12.0. The Labute approximate surface area is 141 Å². The van der Waals surface area contributed by atoms with Crippen LogP contribution in [-0.4, -0.2) is 25.1 Å². The molecule has 2 rings (SSSR count). The molecule has 0 bridgehead atoms. The molecule has 5 nitrogen and oxygen atoms in total. The van der Waals surface area contributed by atoms with E-state index in [0.29, 0.717) is 10.7 Å². The third-order valence-electron chi connectivity index (χ3n) is 2.78. The number of anilines is 1. The minimum atomic E-state index is -2.92. The average molecular weight is 356 g/mol. The van der Waals surface area contributed by atoms with Crippen molar-refractivity contribution >= 4 is 29.2 Å². The molecule has 0 heterocycles. The smallest absolute Gasteiger partial charge is 0.387 e. The predicted octanol–water partition coefficient (Wildman–Crippen LogP) is 3.74. The molecule has 0 atom stereocenters. The summed E-state index contributed by atoms with van der Waals surface area (Å²) in [6, 6.07) is 11.3. The molecule has 0 aromatic heterocycles. The van der Waals surface area contributed by atoms with Gasteiger partial charge >= 0.3 is 12.6 Å².